The molecule has 8 heteroatoms. The fraction of sp³-hybridized carbons (Fsp3) is 0.333. The van der Waals surface area contributed by atoms with Crippen LogP contribution in [0.1, 0.15) is 18.1 Å². The molecule has 0 aliphatic rings. The normalized spacial score (nSPS) is 12.7. The number of rotatable bonds is 4. The van der Waals surface area contributed by atoms with Crippen molar-refractivity contribution in [2.24, 2.45) is 5.73 Å². The molecule has 0 saturated carbocycles. The van der Waals surface area contributed by atoms with E-state index in [9.17, 15) is 18.0 Å². The van der Waals surface area contributed by atoms with Gasteiger partial charge in [0, 0.05) is 11.3 Å². The van der Waals surface area contributed by atoms with E-state index in [-0.39, 0.29) is 10.6 Å². The number of halogens is 3. The van der Waals surface area contributed by atoms with Crippen LogP contribution in [0.2, 0.25) is 0 Å². The van der Waals surface area contributed by atoms with Gasteiger partial charge in [0.1, 0.15) is 11.0 Å². The van der Waals surface area contributed by atoms with Crippen molar-refractivity contribution in [3.05, 3.63) is 29.3 Å². The highest BCUT2D eigenvalue weighted by atomic mass is 32.1. The lowest BCUT2D eigenvalue weighted by atomic mass is 10.1. The molecule has 1 aromatic rings. The number of benzene rings is 1. The van der Waals surface area contributed by atoms with Crippen molar-refractivity contribution in [2.75, 3.05) is 12.4 Å². The monoisotopic (exact) mass is 306 g/mol. The van der Waals surface area contributed by atoms with Crippen LogP contribution in [0.25, 0.3) is 0 Å². The topological polar surface area (TPSA) is 64.3 Å². The average molecular weight is 306 g/mol. The minimum atomic E-state index is -4.55. The van der Waals surface area contributed by atoms with Gasteiger partial charge in [-0.1, -0.05) is 12.2 Å². The number of alkyl halides is 3. The van der Waals surface area contributed by atoms with Crippen LogP contribution in [0.5, 0.6) is 0 Å². The molecule has 4 nitrogen and oxygen atoms in total. The average Bonchev–Trinajstić information content (AvgIpc) is 2.36. The zero-order chi connectivity index (χ0) is 15.5. The van der Waals surface area contributed by atoms with Gasteiger partial charge >= 0.3 is 12.1 Å². The molecule has 0 radical (unpaired) electrons. The molecule has 20 heavy (non-hydrogen) atoms. The molecule has 0 heterocycles. The minimum absolute atomic E-state index is 0.290. The van der Waals surface area contributed by atoms with Gasteiger partial charge in [-0.15, -0.1) is 0 Å². The molecule has 0 aromatic heterocycles. The Bertz CT molecular complexity index is 532. The molecule has 110 valence electrons. The van der Waals surface area contributed by atoms with Gasteiger partial charge in [-0.3, -0.25) is 0 Å². The summed E-state index contributed by atoms with van der Waals surface area (Å²) in [5.41, 5.74) is 4.39. The Kier molecular flexibility index (Phi) is 4.93. The zero-order valence-electron chi connectivity index (χ0n) is 10.7. The number of ether oxygens (including phenoxy) is 1. The Morgan fingerprint density at radius 2 is 2.05 bits per heavy atom. The third kappa shape index (κ3) is 3.83. The van der Waals surface area contributed by atoms with E-state index in [0.29, 0.717) is 5.69 Å². The quantitative estimate of drug-likeness (QED) is 0.660. The Morgan fingerprint density at radius 1 is 1.45 bits per heavy atom. The first-order valence-corrected chi connectivity index (χ1v) is 5.93. The van der Waals surface area contributed by atoms with E-state index in [1.165, 1.54) is 20.1 Å². The molecule has 0 aliphatic carbocycles. The fourth-order valence-corrected chi connectivity index (χ4v) is 1.74. The lowest BCUT2D eigenvalue weighted by molar-refractivity contribution is -0.141. The summed E-state index contributed by atoms with van der Waals surface area (Å²) in [4.78, 5) is 10.9. The number of carbonyl (C=O) groups excluding carboxylic acids is 1. The standard InChI is InChI=1S/C12H13F3N2O2S/c1-6(11(18)19-2)17-7-3-4-9(12(13,14)15)8(5-7)10(16)20/h3-6,17H,1-2H3,(H2,16,20). The molecule has 3 N–H and O–H groups in total. The van der Waals surface area contributed by atoms with Gasteiger partial charge in [-0.2, -0.15) is 13.2 Å². The van der Waals surface area contributed by atoms with Crippen LogP contribution in [0.15, 0.2) is 18.2 Å². The largest absolute Gasteiger partial charge is 0.467 e. The van der Waals surface area contributed by atoms with E-state index >= 15 is 0 Å². The molecule has 0 aliphatic heterocycles. The summed E-state index contributed by atoms with van der Waals surface area (Å²) in [6, 6.07) is 2.51. The van der Waals surface area contributed by atoms with Gasteiger partial charge in [-0.25, -0.2) is 4.79 Å². The Morgan fingerprint density at radius 3 is 2.50 bits per heavy atom. The molecular weight excluding hydrogens is 293 g/mol. The van der Waals surface area contributed by atoms with Crippen molar-refractivity contribution >= 4 is 28.9 Å². The van der Waals surface area contributed by atoms with Gasteiger partial charge in [0.2, 0.25) is 0 Å². The molecule has 0 amide bonds. The summed E-state index contributed by atoms with van der Waals surface area (Å²) in [6.07, 6.45) is -4.55. The first-order chi connectivity index (χ1) is 9.16. The molecule has 0 bridgehead atoms. The minimum Gasteiger partial charge on any atom is -0.467 e. The molecule has 0 spiro atoms. The van der Waals surface area contributed by atoms with Crippen LogP contribution in [-0.2, 0) is 15.7 Å². The molecule has 1 aromatic carbocycles. The summed E-state index contributed by atoms with van der Waals surface area (Å²) < 4.78 is 42.8. The first-order valence-electron chi connectivity index (χ1n) is 5.52. The van der Waals surface area contributed by atoms with E-state index < -0.39 is 23.8 Å². The Hall–Kier alpha value is -1.83. The Labute approximate surface area is 119 Å². The highest BCUT2D eigenvalue weighted by Gasteiger charge is 2.34. The number of hydrogen-bond donors (Lipinski definition) is 2. The zero-order valence-corrected chi connectivity index (χ0v) is 11.6. The lowest BCUT2D eigenvalue weighted by Gasteiger charge is -2.16. The molecular formula is C12H13F3N2O2S. The SMILES string of the molecule is COC(=O)C(C)Nc1ccc(C(F)(F)F)c(C(N)=S)c1. The van der Waals surface area contributed by atoms with Crippen LogP contribution in [0, 0.1) is 0 Å². The fourth-order valence-electron chi connectivity index (χ4n) is 1.57. The highest BCUT2D eigenvalue weighted by molar-refractivity contribution is 7.80. The maximum atomic E-state index is 12.8. The van der Waals surface area contributed by atoms with Crippen molar-refractivity contribution < 1.29 is 22.7 Å². The van der Waals surface area contributed by atoms with Crippen LogP contribution in [0.3, 0.4) is 0 Å². The molecule has 0 saturated heterocycles. The van der Waals surface area contributed by atoms with Gasteiger partial charge in [-0.05, 0) is 25.1 Å². The Balaban J connectivity index is 3.12. The predicted octanol–water partition coefficient (Wildman–Crippen LogP) is 2.31. The maximum Gasteiger partial charge on any atom is 0.417 e. The van der Waals surface area contributed by atoms with E-state index in [1.807, 2.05) is 0 Å². The number of esters is 1. The first kappa shape index (κ1) is 16.2. The van der Waals surface area contributed by atoms with Gasteiger partial charge in [0.05, 0.1) is 12.7 Å². The second-order valence-electron chi connectivity index (χ2n) is 4.01. The third-order valence-corrected chi connectivity index (χ3v) is 2.75. The van der Waals surface area contributed by atoms with Crippen molar-refractivity contribution in [1.82, 2.24) is 0 Å². The van der Waals surface area contributed by atoms with Crippen LogP contribution in [-0.4, -0.2) is 24.1 Å². The number of nitrogens with one attached hydrogen (secondary N) is 1. The number of anilines is 1. The van der Waals surface area contributed by atoms with Gasteiger partial charge < -0.3 is 15.8 Å². The predicted molar refractivity (Wildman–Crippen MR) is 72.4 cm³/mol. The van der Waals surface area contributed by atoms with Crippen molar-refractivity contribution in [1.29, 1.82) is 0 Å². The van der Waals surface area contributed by atoms with E-state index in [2.05, 4.69) is 22.3 Å². The molecule has 1 unspecified atom stereocenters. The van der Waals surface area contributed by atoms with Gasteiger partial charge in [0.25, 0.3) is 0 Å². The molecule has 1 atom stereocenters. The van der Waals surface area contributed by atoms with Crippen LogP contribution >= 0.6 is 12.2 Å². The van der Waals surface area contributed by atoms with Crippen molar-refractivity contribution in [3.63, 3.8) is 0 Å². The van der Waals surface area contributed by atoms with E-state index in [1.54, 1.807) is 0 Å². The number of hydrogen-bond acceptors (Lipinski definition) is 4. The van der Waals surface area contributed by atoms with Crippen LogP contribution in [0.4, 0.5) is 18.9 Å². The summed E-state index contributed by atoms with van der Waals surface area (Å²) in [6.45, 7) is 1.52. The van der Waals surface area contributed by atoms with Crippen molar-refractivity contribution in [3.8, 4) is 0 Å². The van der Waals surface area contributed by atoms with Crippen molar-refractivity contribution in [2.45, 2.75) is 19.1 Å². The number of nitrogens with two attached hydrogens (primary N) is 1. The summed E-state index contributed by atoms with van der Waals surface area (Å²) in [7, 11) is 1.22. The molecule has 1 rings (SSSR count). The number of thiocarbonyl (C=S) groups is 1. The summed E-state index contributed by atoms with van der Waals surface area (Å²) >= 11 is 4.62. The third-order valence-electron chi connectivity index (χ3n) is 2.53. The van der Waals surface area contributed by atoms with E-state index in [4.69, 9.17) is 5.73 Å². The molecule has 0 fully saturated rings. The second-order valence-corrected chi connectivity index (χ2v) is 4.45. The number of methoxy groups -OCH3 is 1. The van der Waals surface area contributed by atoms with Crippen LogP contribution < -0.4 is 11.1 Å². The summed E-state index contributed by atoms with van der Waals surface area (Å²) in [5.74, 6) is -0.540. The number of carbonyl (C=O) groups is 1. The van der Waals surface area contributed by atoms with Gasteiger partial charge in [0.15, 0.2) is 0 Å². The van der Waals surface area contributed by atoms with E-state index in [0.717, 1.165) is 12.1 Å². The summed E-state index contributed by atoms with van der Waals surface area (Å²) in [5, 5.41) is 2.71. The smallest absolute Gasteiger partial charge is 0.417 e. The second kappa shape index (κ2) is 6.08. The lowest BCUT2D eigenvalue weighted by Crippen LogP contribution is -2.27. The maximum absolute atomic E-state index is 12.8. The highest BCUT2D eigenvalue weighted by Crippen LogP contribution is 2.33.